The van der Waals surface area contributed by atoms with E-state index in [1.54, 1.807) is 0 Å². The molecule has 0 aromatic heterocycles. The summed E-state index contributed by atoms with van der Waals surface area (Å²) in [7, 11) is 0. The third-order valence-corrected chi connectivity index (χ3v) is 3.17. The van der Waals surface area contributed by atoms with Gasteiger partial charge in [0, 0.05) is 0 Å². The van der Waals surface area contributed by atoms with Gasteiger partial charge in [-0.15, -0.1) is 0 Å². The van der Waals surface area contributed by atoms with Crippen LogP contribution in [-0.2, 0) is 0 Å². The van der Waals surface area contributed by atoms with Crippen LogP contribution in [0.4, 0.5) is 0 Å². The summed E-state index contributed by atoms with van der Waals surface area (Å²) in [4.78, 5) is 0. The SMILES string of the molecule is C[CH]C1(CC)CCCCC1. The van der Waals surface area contributed by atoms with Gasteiger partial charge in [-0.05, 0) is 24.7 Å². The molecule has 59 valence electrons. The van der Waals surface area contributed by atoms with E-state index in [1.807, 2.05) is 0 Å². The van der Waals surface area contributed by atoms with E-state index in [0.717, 1.165) is 0 Å². The average Bonchev–Trinajstić information content (AvgIpc) is 2.06. The molecule has 0 aromatic rings. The van der Waals surface area contributed by atoms with Crippen molar-refractivity contribution in [2.45, 2.75) is 52.4 Å². The molecule has 1 saturated carbocycles. The standard InChI is InChI=1S/C10H19/c1-3-10(4-2)8-6-5-7-9-10/h3H,4-9H2,1-2H3. The van der Waals surface area contributed by atoms with Crippen LogP contribution in [0.15, 0.2) is 0 Å². The van der Waals surface area contributed by atoms with Crippen molar-refractivity contribution in [3.05, 3.63) is 6.42 Å². The molecular formula is C10H19. The van der Waals surface area contributed by atoms with E-state index in [-0.39, 0.29) is 0 Å². The first-order chi connectivity index (χ1) is 4.83. The first-order valence-electron chi connectivity index (χ1n) is 4.63. The van der Waals surface area contributed by atoms with Crippen molar-refractivity contribution in [2.75, 3.05) is 0 Å². The zero-order valence-electron chi connectivity index (χ0n) is 7.32. The average molecular weight is 139 g/mol. The van der Waals surface area contributed by atoms with E-state index < -0.39 is 0 Å². The molecule has 0 nitrogen and oxygen atoms in total. The lowest BCUT2D eigenvalue weighted by molar-refractivity contribution is 0.225. The van der Waals surface area contributed by atoms with Crippen molar-refractivity contribution < 1.29 is 0 Å². The Kier molecular flexibility index (Phi) is 2.76. The Morgan fingerprint density at radius 2 is 1.80 bits per heavy atom. The molecule has 0 N–H and O–H groups in total. The van der Waals surface area contributed by atoms with E-state index in [0.29, 0.717) is 5.41 Å². The van der Waals surface area contributed by atoms with E-state index >= 15 is 0 Å². The van der Waals surface area contributed by atoms with Crippen molar-refractivity contribution in [1.82, 2.24) is 0 Å². The van der Waals surface area contributed by atoms with Crippen LogP contribution in [0, 0.1) is 11.8 Å². The van der Waals surface area contributed by atoms with Crippen LogP contribution in [0.25, 0.3) is 0 Å². The Hall–Kier alpha value is 0. The fourth-order valence-corrected chi connectivity index (χ4v) is 2.10. The Balaban J connectivity index is 2.44. The van der Waals surface area contributed by atoms with Crippen molar-refractivity contribution >= 4 is 0 Å². The summed E-state index contributed by atoms with van der Waals surface area (Å²) in [5.74, 6) is 0. The monoisotopic (exact) mass is 139 g/mol. The van der Waals surface area contributed by atoms with E-state index in [2.05, 4.69) is 20.3 Å². The highest BCUT2D eigenvalue weighted by Gasteiger charge is 2.27. The Morgan fingerprint density at radius 3 is 2.10 bits per heavy atom. The van der Waals surface area contributed by atoms with Crippen molar-refractivity contribution in [2.24, 2.45) is 5.41 Å². The Labute approximate surface area is 65.0 Å². The smallest absolute Gasteiger partial charge is 0.0272 e. The number of hydrogen-bond acceptors (Lipinski definition) is 0. The fraction of sp³-hybridized carbons (Fsp3) is 0.900. The molecule has 0 amide bonds. The second-order valence-electron chi connectivity index (χ2n) is 3.57. The van der Waals surface area contributed by atoms with Crippen LogP contribution in [-0.4, -0.2) is 0 Å². The van der Waals surface area contributed by atoms with Gasteiger partial charge in [-0.2, -0.15) is 0 Å². The van der Waals surface area contributed by atoms with E-state index in [9.17, 15) is 0 Å². The highest BCUT2D eigenvalue weighted by atomic mass is 14.3. The third kappa shape index (κ3) is 1.53. The van der Waals surface area contributed by atoms with Gasteiger partial charge in [0.2, 0.25) is 0 Å². The van der Waals surface area contributed by atoms with Crippen LogP contribution < -0.4 is 0 Å². The first kappa shape index (κ1) is 8.10. The Bertz CT molecular complexity index is 82.2. The number of rotatable bonds is 2. The van der Waals surface area contributed by atoms with Crippen LogP contribution in [0.2, 0.25) is 0 Å². The lowest BCUT2D eigenvalue weighted by atomic mass is 9.71. The van der Waals surface area contributed by atoms with Gasteiger partial charge in [0.05, 0.1) is 0 Å². The van der Waals surface area contributed by atoms with Gasteiger partial charge in [-0.3, -0.25) is 0 Å². The zero-order chi connectivity index (χ0) is 7.45. The van der Waals surface area contributed by atoms with Gasteiger partial charge in [0.25, 0.3) is 0 Å². The first-order valence-corrected chi connectivity index (χ1v) is 4.63. The van der Waals surface area contributed by atoms with E-state index in [4.69, 9.17) is 0 Å². The van der Waals surface area contributed by atoms with Crippen molar-refractivity contribution in [3.8, 4) is 0 Å². The molecule has 1 fully saturated rings. The molecule has 0 heterocycles. The van der Waals surface area contributed by atoms with Gasteiger partial charge in [0.15, 0.2) is 0 Å². The summed E-state index contributed by atoms with van der Waals surface area (Å²) in [6, 6.07) is 0. The maximum Gasteiger partial charge on any atom is -0.0272 e. The minimum Gasteiger partial charge on any atom is -0.0648 e. The maximum atomic E-state index is 2.44. The van der Waals surface area contributed by atoms with Crippen LogP contribution >= 0.6 is 0 Å². The van der Waals surface area contributed by atoms with Crippen LogP contribution in [0.1, 0.15) is 52.4 Å². The predicted molar refractivity (Wildman–Crippen MR) is 45.8 cm³/mol. The van der Waals surface area contributed by atoms with Gasteiger partial charge < -0.3 is 0 Å². The molecular weight excluding hydrogens is 120 g/mol. The highest BCUT2D eigenvalue weighted by molar-refractivity contribution is 4.90. The van der Waals surface area contributed by atoms with Gasteiger partial charge in [-0.1, -0.05) is 39.5 Å². The number of hydrogen-bond donors (Lipinski definition) is 0. The molecule has 0 bridgehead atoms. The summed E-state index contributed by atoms with van der Waals surface area (Å²) < 4.78 is 0. The van der Waals surface area contributed by atoms with Gasteiger partial charge in [-0.25, -0.2) is 0 Å². The molecule has 0 unspecified atom stereocenters. The van der Waals surface area contributed by atoms with E-state index in [1.165, 1.54) is 38.5 Å². The third-order valence-electron chi connectivity index (χ3n) is 3.17. The molecule has 0 saturated heterocycles. The van der Waals surface area contributed by atoms with Crippen molar-refractivity contribution in [3.63, 3.8) is 0 Å². The van der Waals surface area contributed by atoms with Gasteiger partial charge >= 0.3 is 0 Å². The molecule has 0 aromatic carbocycles. The van der Waals surface area contributed by atoms with Crippen LogP contribution in [0.3, 0.4) is 0 Å². The summed E-state index contributed by atoms with van der Waals surface area (Å²) >= 11 is 0. The molecule has 0 aliphatic heterocycles. The maximum absolute atomic E-state index is 2.44. The lowest BCUT2D eigenvalue weighted by Crippen LogP contribution is -2.22. The van der Waals surface area contributed by atoms with Gasteiger partial charge in [0.1, 0.15) is 0 Å². The molecule has 0 heteroatoms. The van der Waals surface area contributed by atoms with Crippen LogP contribution in [0.5, 0.6) is 0 Å². The van der Waals surface area contributed by atoms with Crippen molar-refractivity contribution in [1.29, 1.82) is 0 Å². The fourth-order valence-electron chi connectivity index (χ4n) is 2.10. The molecule has 1 aliphatic carbocycles. The molecule has 10 heavy (non-hydrogen) atoms. The molecule has 1 rings (SSSR count). The predicted octanol–water partition coefficient (Wildman–Crippen LogP) is 3.57. The summed E-state index contributed by atoms with van der Waals surface area (Å²) in [5.41, 5.74) is 0.637. The minimum atomic E-state index is 0.637. The Morgan fingerprint density at radius 1 is 1.20 bits per heavy atom. The molecule has 0 spiro atoms. The normalized spacial score (nSPS) is 24.6. The highest BCUT2D eigenvalue weighted by Crippen LogP contribution is 2.40. The second kappa shape index (κ2) is 3.41. The summed E-state index contributed by atoms with van der Waals surface area (Å²) in [6.45, 7) is 4.56. The topological polar surface area (TPSA) is 0 Å². The quantitative estimate of drug-likeness (QED) is 0.548. The largest absolute Gasteiger partial charge is 0.0648 e. The summed E-state index contributed by atoms with van der Waals surface area (Å²) in [5, 5.41) is 0. The second-order valence-corrected chi connectivity index (χ2v) is 3.57. The zero-order valence-corrected chi connectivity index (χ0v) is 7.32. The minimum absolute atomic E-state index is 0.637. The summed E-state index contributed by atoms with van der Waals surface area (Å²) in [6.07, 6.45) is 11.1. The molecule has 1 aliphatic rings. The molecule has 1 radical (unpaired) electrons. The lowest BCUT2D eigenvalue weighted by Gasteiger charge is -2.35. The molecule has 0 atom stereocenters.